The van der Waals surface area contributed by atoms with Gasteiger partial charge in [-0.25, -0.2) is 8.42 Å². The largest absolute Gasteiger partial charge is 0.497 e. The van der Waals surface area contributed by atoms with Crippen LogP contribution >= 0.6 is 0 Å². The van der Waals surface area contributed by atoms with Crippen LogP contribution in [0, 0.1) is 0 Å². The van der Waals surface area contributed by atoms with Gasteiger partial charge in [0.1, 0.15) is 5.75 Å². The lowest BCUT2D eigenvalue weighted by atomic mass is 10.1. The van der Waals surface area contributed by atoms with Gasteiger partial charge in [0.25, 0.3) is 15.9 Å². The summed E-state index contributed by atoms with van der Waals surface area (Å²) in [5.41, 5.74) is 1.28. The second-order valence-corrected chi connectivity index (χ2v) is 8.56. The minimum absolute atomic E-state index is 0.0413. The molecule has 0 bridgehead atoms. The maximum atomic E-state index is 12.8. The van der Waals surface area contributed by atoms with Crippen LogP contribution in [0.2, 0.25) is 0 Å². The van der Waals surface area contributed by atoms with E-state index in [4.69, 9.17) is 4.74 Å². The molecule has 0 heterocycles. The van der Waals surface area contributed by atoms with E-state index >= 15 is 0 Å². The number of rotatable bonds is 6. The lowest BCUT2D eigenvalue weighted by Crippen LogP contribution is -2.15. The summed E-state index contributed by atoms with van der Waals surface area (Å²) in [6.07, 6.45) is 0. The maximum Gasteiger partial charge on any atom is 0.261 e. The van der Waals surface area contributed by atoms with Gasteiger partial charge in [-0.2, -0.15) is 0 Å². The fraction of sp³-hybridized carbons (Fsp3) is 0.0417. The molecule has 156 valence electrons. The first-order valence-electron chi connectivity index (χ1n) is 9.52. The van der Waals surface area contributed by atoms with Crippen LogP contribution in [-0.2, 0) is 10.0 Å². The van der Waals surface area contributed by atoms with Crippen molar-refractivity contribution < 1.29 is 17.9 Å². The topological polar surface area (TPSA) is 84.5 Å². The Hall–Kier alpha value is -3.84. The maximum absolute atomic E-state index is 12.8. The highest BCUT2D eigenvalue weighted by Crippen LogP contribution is 2.22. The first-order valence-corrected chi connectivity index (χ1v) is 11.0. The molecular weight excluding hydrogens is 412 g/mol. The molecule has 0 saturated carbocycles. The Labute approximate surface area is 180 Å². The van der Waals surface area contributed by atoms with Crippen molar-refractivity contribution in [3.05, 3.63) is 96.6 Å². The zero-order valence-electron chi connectivity index (χ0n) is 16.7. The SMILES string of the molecule is COc1ccc(NS(=O)(=O)c2cccc(NC(=O)c3ccc4ccccc4c3)c2)cc1. The molecule has 0 aliphatic rings. The molecule has 6 nitrogen and oxygen atoms in total. The molecule has 1 amide bonds. The second-order valence-electron chi connectivity index (χ2n) is 6.88. The molecule has 0 saturated heterocycles. The number of anilines is 2. The van der Waals surface area contributed by atoms with Gasteiger partial charge in [-0.3, -0.25) is 9.52 Å². The summed E-state index contributed by atoms with van der Waals surface area (Å²) in [4.78, 5) is 12.7. The number of benzene rings is 4. The summed E-state index contributed by atoms with van der Waals surface area (Å²) < 4.78 is 33.1. The van der Waals surface area contributed by atoms with Crippen LogP contribution < -0.4 is 14.8 Å². The number of nitrogens with one attached hydrogen (secondary N) is 2. The van der Waals surface area contributed by atoms with E-state index in [1.165, 1.54) is 19.2 Å². The predicted molar refractivity (Wildman–Crippen MR) is 122 cm³/mol. The van der Waals surface area contributed by atoms with Crippen molar-refractivity contribution in [2.75, 3.05) is 17.1 Å². The molecule has 0 unspecified atom stereocenters. The van der Waals surface area contributed by atoms with Gasteiger partial charge in [-0.1, -0.05) is 36.4 Å². The monoisotopic (exact) mass is 432 g/mol. The molecule has 4 aromatic carbocycles. The van der Waals surface area contributed by atoms with Crippen LogP contribution in [0.25, 0.3) is 10.8 Å². The van der Waals surface area contributed by atoms with Crippen molar-refractivity contribution >= 4 is 38.1 Å². The van der Waals surface area contributed by atoms with Crippen molar-refractivity contribution in [3.8, 4) is 5.75 Å². The number of hydrogen-bond acceptors (Lipinski definition) is 4. The number of ether oxygens (including phenoxy) is 1. The molecule has 0 aliphatic carbocycles. The van der Waals surface area contributed by atoms with Gasteiger partial charge >= 0.3 is 0 Å². The van der Waals surface area contributed by atoms with Crippen molar-refractivity contribution in [1.82, 2.24) is 0 Å². The summed E-state index contributed by atoms with van der Waals surface area (Å²) in [6, 6.07) is 25.9. The van der Waals surface area contributed by atoms with Crippen molar-refractivity contribution in [3.63, 3.8) is 0 Å². The summed E-state index contributed by atoms with van der Waals surface area (Å²) in [7, 11) is -2.29. The Morgan fingerprint density at radius 1 is 0.774 bits per heavy atom. The molecule has 0 aromatic heterocycles. The number of fused-ring (bicyclic) bond motifs is 1. The standard InChI is InChI=1S/C24H20N2O4S/c1-30-22-13-11-20(12-14-22)26-31(28,29)23-8-4-7-21(16-23)25-24(27)19-10-9-17-5-2-3-6-18(17)15-19/h2-16,26H,1H3,(H,25,27). The highest BCUT2D eigenvalue weighted by atomic mass is 32.2. The van der Waals surface area contributed by atoms with E-state index in [1.54, 1.807) is 48.5 Å². The van der Waals surface area contributed by atoms with Gasteiger partial charge < -0.3 is 10.1 Å². The molecule has 0 fully saturated rings. The van der Waals surface area contributed by atoms with Gasteiger partial charge in [-0.05, 0) is 65.4 Å². The molecule has 4 rings (SSSR count). The van der Waals surface area contributed by atoms with Crippen LogP contribution in [0.1, 0.15) is 10.4 Å². The average Bonchev–Trinajstić information content (AvgIpc) is 2.79. The van der Waals surface area contributed by atoms with E-state index in [1.807, 2.05) is 30.3 Å². The highest BCUT2D eigenvalue weighted by molar-refractivity contribution is 7.92. The normalized spacial score (nSPS) is 11.1. The molecule has 0 radical (unpaired) electrons. The molecule has 0 spiro atoms. The number of methoxy groups -OCH3 is 1. The predicted octanol–water partition coefficient (Wildman–Crippen LogP) is 4.90. The molecule has 2 N–H and O–H groups in total. The number of hydrogen-bond donors (Lipinski definition) is 2. The van der Waals surface area contributed by atoms with E-state index < -0.39 is 10.0 Å². The minimum atomic E-state index is -3.83. The summed E-state index contributed by atoms with van der Waals surface area (Å²) in [5, 5.41) is 4.76. The molecule has 0 aliphatic heterocycles. The summed E-state index contributed by atoms with van der Waals surface area (Å²) >= 11 is 0. The van der Waals surface area contributed by atoms with Crippen LogP contribution in [0.3, 0.4) is 0 Å². The van der Waals surface area contributed by atoms with Gasteiger partial charge in [0.2, 0.25) is 0 Å². The molecule has 31 heavy (non-hydrogen) atoms. The van der Waals surface area contributed by atoms with E-state index in [9.17, 15) is 13.2 Å². The lowest BCUT2D eigenvalue weighted by molar-refractivity contribution is 0.102. The molecule has 4 aromatic rings. The van der Waals surface area contributed by atoms with Crippen LogP contribution in [-0.4, -0.2) is 21.4 Å². The minimum Gasteiger partial charge on any atom is -0.497 e. The first-order chi connectivity index (χ1) is 14.9. The van der Waals surface area contributed by atoms with Crippen molar-refractivity contribution in [1.29, 1.82) is 0 Å². The number of carbonyl (C=O) groups excluding carboxylic acids is 1. The number of sulfonamides is 1. The van der Waals surface area contributed by atoms with Crippen LogP contribution in [0.5, 0.6) is 5.75 Å². The Morgan fingerprint density at radius 3 is 2.26 bits per heavy atom. The van der Waals surface area contributed by atoms with Gasteiger partial charge in [-0.15, -0.1) is 0 Å². The fourth-order valence-electron chi connectivity index (χ4n) is 3.15. The third-order valence-electron chi connectivity index (χ3n) is 4.76. The van der Waals surface area contributed by atoms with Crippen molar-refractivity contribution in [2.24, 2.45) is 0 Å². The Bertz CT molecular complexity index is 1350. The molecule has 0 atom stereocenters. The van der Waals surface area contributed by atoms with E-state index in [-0.39, 0.29) is 10.8 Å². The summed E-state index contributed by atoms with van der Waals surface area (Å²) in [5.74, 6) is 0.310. The van der Waals surface area contributed by atoms with Crippen molar-refractivity contribution in [2.45, 2.75) is 4.90 Å². The third-order valence-corrected chi connectivity index (χ3v) is 6.14. The summed E-state index contributed by atoms with van der Waals surface area (Å²) in [6.45, 7) is 0. The molecule has 7 heteroatoms. The average molecular weight is 433 g/mol. The second kappa shape index (κ2) is 8.49. The smallest absolute Gasteiger partial charge is 0.261 e. The highest BCUT2D eigenvalue weighted by Gasteiger charge is 2.16. The Kier molecular flexibility index (Phi) is 5.60. The van der Waals surface area contributed by atoms with E-state index in [2.05, 4.69) is 10.0 Å². The quantitative estimate of drug-likeness (QED) is 0.454. The van der Waals surface area contributed by atoms with Crippen LogP contribution in [0.15, 0.2) is 95.9 Å². The Morgan fingerprint density at radius 2 is 1.52 bits per heavy atom. The molecular formula is C24H20N2O4S. The Balaban J connectivity index is 1.53. The zero-order valence-corrected chi connectivity index (χ0v) is 17.5. The number of amides is 1. The number of carbonyl (C=O) groups is 1. The van der Waals surface area contributed by atoms with Gasteiger partial charge in [0, 0.05) is 16.9 Å². The van der Waals surface area contributed by atoms with Gasteiger partial charge in [0.15, 0.2) is 0 Å². The van der Waals surface area contributed by atoms with Gasteiger partial charge in [0.05, 0.1) is 12.0 Å². The lowest BCUT2D eigenvalue weighted by Gasteiger charge is -2.11. The van der Waals surface area contributed by atoms with Crippen LogP contribution in [0.4, 0.5) is 11.4 Å². The van der Waals surface area contributed by atoms with E-state index in [0.717, 1.165) is 10.8 Å². The van der Waals surface area contributed by atoms with E-state index in [0.29, 0.717) is 22.7 Å². The fourth-order valence-corrected chi connectivity index (χ4v) is 4.25. The first kappa shape index (κ1) is 20.4. The third kappa shape index (κ3) is 4.67. The zero-order chi connectivity index (χ0) is 21.8.